The third kappa shape index (κ3) is 2.77. The van der Waals surface area contributed by atoms with Crippen molar-refractivity contribution in [2.75, 3.05) is 0 Å². The molecule has 2 aromatic carbocycles. The smallest absolute Gasteiger partial charge is 0.252 e. The summed E-state index contributed by atoms with van der Waals surface area (Å²) in [5.74, 6) is -0.0724. The van der Waals surface area contributed by atoms with Crippen molar-refractivity contribution in [3.8, 4) is 0 Å². The Balaban J connectivity index is 1.83. The molecule has 3 rings (SSSR count). The lowest BCUT2D eigenvalue weighted by molar-refractivity contribution is 0.0952. The summed E-state index contributed by atoms with van der Waals surface area (Å²) < 4.78 is 0. The topological polar surface area (TPSA) is 42.0 Å². The van der Waals surface area contributed by atoms with E-state index in [1.165, 1.54) is 5.56 Å². The van der Waals surface area contributed by atoms with Gasteiger partial charge < -0.3 is 5.32 Å². The van der Waals surface area contributed by atoms with E-state index < -0.39 is 0 Å². The van der Waals surface area contributed by atoms with E-state index in [1.54, 1.807) is 6.20 Å². The van der Waals surface area contributed by atoms with Crippen LogP contribution in [0.4, 0.5) is 0 Å². The van der Waals surface area contributed by atoms with Crippen LogP contribution in [-0.4, -0.2) is 10.9 Å². The molecule has 3 nitrogen and oxygen atoms in total. The molecule has 0 atom stereocenters. The minimum Gasteiger partial charge on any atom is -0.348 e. The molecule has 0 fully saturated rings. The third-order valence-corrected chi connectivity index (χ3v) is 3.59. The number of hydrogen-bond donors (Lipinski definition) is 1. The number of nitrogens with zero attached hydrogens (tertiary/aromatic N) is 1. The summed E-state index contributed by atoms with van der Waals surface area (Å²) >= 11 is 0. The second-order valence-corrected chi connectivity index (χ2v) is 4.98. The summed E-state index contributed by atoms with van der Waals surface area (Å²) in [5, 5.41) is 3.86. The van der Waals surface area contributed by atoms with Crippen molar-refractivity contribution in [1.29, 1.82) is 0 Å². The maximum atomic E-state index is 12.4. The predicted molar refractivity (Wildman–Crippen MR) is 84.1 cm³/mol. The zero-order valence-electron chi connectivity index (χ0n) is 11.8. The molecule has 0 aliphatic heterocycles. The number of pyridine rings is 1. The van der Waals surface area contributed by atoms with Gasteiger partial charge in [0.15, 0.2) is 0 Å². The molecule has 3 heteroatoms. The van der Waals surface area contributed by atoms with Crippen molar-refractivity contribution < 1.29 is 4.79 Å². The monoisotopic (exact) mass is 276 g/mol. The van der Waals surface area contributed by atoms with Gasteiger partial charge in [0.25, 0.3) is 5.91 Å². The lowest BCUT2D eigenvalue weighted by atomic mass is 10.1. The van der Waals surface area contributed by atoms with E-state index in [4.69, 9.17) is 0 Å². The van der Waals surface area contributed by atoms with Gasteiger partial charge in [-0.15, -0.1) is 0 Å². The number of nitrogens with one attached hydrogen (secondary N) is 1. The molecule has 0 aliphatic carbocycles. The van der Waals surface area contributed by atoms with E-state index in [-0.39, 0.29) is 5.91 Å². The van der Waals surface area contributed by atoms with E-state index in [0.717, 1.165) is 16.5 Å². The first-order valence-electron chi connectivity index (χ1n) is 6.92. The van der Waals surface area contributed by atoms with Gasteiger partial charge in [0.1, 0.15) is 0 Å². The fourth-order valence-electron chi connectivity index (χ4n) is 2.38. The van der Waals surface area contributed by atoms with Crippen LogP contribution in [0, 0.1) is 6.92 Å². The number of amides is 1. The molecule has 3 aromatic rings. The molecule has 0 bridgehead atoms. The molecular weight excluding hydrogens is 260 g/mol. The average molecular weight is 276 g/mol. The number of benzene rings is 2. The zero-order chi connectivity index (χ0) is 14.7. The fourth-order valence-corrected chi connectivity index (χ4v) is 2.38. The largest absolute Gasteiger partial charge is 0.348 e. The van der Waals surface area contributed by atoms with Gasteiger partial charge in [0, 0.05) is 23.7 Å². The Labute approximate surface area is 123 Å². The van der Waals surface area contributed by atoms with Crippen LogP contribution in [0.1, 0.15) is 21.5 Å². The summed E-state index contributed by atoms with van der Waals surface area (Å²) in [6, 6.07) is 17.4. The number of carbonyl (C=O) groups is 1. The van der Waals surface area contributed by atoms with Crippen molar-refractivity contribution >= 4 is 16.8 Å². The maximum absolute atomic E-state index is 12.4. The van der Waals surface area contributed by atoms with Crippen LogP contribution in [0.15, 0.2) is 60.8 Å². The predicted octanol–water partition coefficient (Wildman–Crippen LogP) is 3.47. The zero-order valence-corrected chi connectivity index (χ0v) is 11.8. The summed E-state index contributed by atoms with van der Waals surface area (Å²) in [5.41, 5.74) is 3.80. The molecule has 1 amide bonds. The number of aromatic nitrogens is 1. The number of fused-ring (bicyclic) bond motifs is 1. The Morgan fingerprint density at radius 1 is 1.05 bits per heavy atom. The number of rotatable bonds is 3. The average Bonchev–Trinajstić information content (AvgIpc) is 2.53. The highest BCUT2D eigenvalue weighted by Crippen LogP contribution is 2.16. The normalized spacial score (nSPS) is 10.5. The SMILES string of the molecule is Cc1ccccc1CNC(=O)c1cccc2ncccc12. The van der Waals surface area contributed by atoms with Gasteiger partial charge in [-0.1, -0.05) is 36.4 Å². The maximum Gasteiger partial charge on any atom is 0.252 e. The first-order chi connectivity index (χ1) is 10.3. The van der Waals surface area contributed by atoms with E-state index in [0.29, 0.717) is 12.1 Å². The van der Waals surface area contributed by atoms with E-state index >= 15 is 0 Å². The van der Waals surface area contributed by atoms with Crippen LogP contribution in [0.25, 0.3) is 10.9 Å². The molecule has 0 unspecified atom stereocenters. The summed E-state index contributed by atoms with van der Waals surface area (Å²) in [6.45, 7) is 2.57. The molecule has 1 heterocycles. The minimum absolute atomic E-state index is 0.0724. The van der Waals surface area contributed by atoms with Gasteiger partial charge in [-0.3, -0.25) is 9.78 Å². The van der Waals surface area contributed by atoms with Crippen molar-refractivity contribution in [2.45, 2.75) is 13.5 Å². The van der Waals surface area contributed by atoms with Crippen molar-refractivity contribution in [1.82, 2.24) is 10.3 Å². The molecule has 104 valence electrons. The molecule has 21 heavy (non-hydrogen) atoms. The number of aryl methyl sites for hydroxylation is 1. The summed E-state index contributed by atoms with van der Waals surface area (Å²) in [7, 11) is 0. The Hall–Kier alpha value is -2.68. The molecule has 0 saturated carbocycles. The van der Waals surface area contributed by atoms with Crippen LogP contribution in [-0.2, 0) is 6.54 Å². The molecule has 0 radical (unpaired) electrons. The standard InChI is InChI=1S/C18H16N2O/c1-13-6-2-3-7-14(13)12-20-18(21)16-8-4-10-17-15(16)9-5-11-19-17/h2-11H,12H2,1H3,(H,20,21). The van der Waals surface area contributed by atoms with Crippen LogP contribution in [0.2, 0.25) is 0 Å². The second-order valence-electron chi connectivity index (χ2n) is 4.98. The van der Waals surface area contributed by atoms with E-state index in [9.17, 15) is 4.79 Å². The van der Waals surface area contributed by atoms with E-state index in [1.807, 2.05) is 61.5 Å². The second kappa shape index (κ2) is 5.75. The first kappa shape index (κ1) is 13.3. The van der Waals surface area contributed by atoms with Crippen LogP contribution in [0.5, 0.6) is 0 Å². The van der Waals surface area contributed by atoms with E-state index in [2.05, 4.69) is 10.3 Å². The first-order valence-corrected chi connectivity index (χ1v) is 6.92. The summed E-state index contributed by atoms with van der Waals surface area (Å²) in [4.78, 5) is 16.7. The Bertz CT molecular complexity index is 791. The Kier molecular flexibility index (Phi) is 3.65. The molecule has 0 saturated heterocycles. The van der Waals surface area contributed by atoms with Gasteiger partial charge in [-0.05, 0) is 36.2 Å². The lowest BCUT2D eigenvalue weighted by Gasteiger charge is -2.09. The highest BCUT2D eigenvalue weighted by atomic mass is 16.1. The van der Waals surface area contributed by atoms with Gasteiger partial charge in [0.2, 0.25) is 0 Å². The highest BCUT2D eigenvalue weighted by Gasteiger charge is 2.10. The molecular formula is C18H16N2O. The summed E-state index contributed by atoms with van der Waals surface area (Å²) in [6.07, 6.45) is 1.73. The van der Waals surface area contributed by atoms with Crippen molar-refractivity contribution in [2.24, 2.45) is 0 Å². The number of hydrogen-bond acceptors (Lipinski definition) is 2. The Morgan fingerprint density at radius 2 is 1.90 bits per heavy atom. The van der Waals surface area contributed by atoms with Crippen molar-refractivity contribution in [3.05, 3.63) is 77.5 Å². The van der Waals surface area contributed by atoms with Crippen LogP contribution >= 0.6 is 0 Å². The van der Waals surface area contributed by atoms with Gasteiger partial charge in [-0.25, -0.2) is 0 Å². The van der Waals surface area contributed by atoms with Gasteiger partial charge >= 0.3 is 0 Å². The quantitative estimate of drug-likeness (QED) is 0.796. The molecule has 1 N–H and O–H groups in total. The number of carbonyl (C=O) groups excluding carboxylic acids is 1. The lowest BCUT2D eigenvalue weighted by Crippen LogP contribution is -2.23. The Morgan fingerprint density at radius 3 is 2.76 bits per heavy atom. The molecule has 0 aliphatic rings. The highest BCUT2D eigenvalue weighted by molar-refractivity contribution is 6.06. The van der Waals surface area contributed by atoms with Crippen LogP contribution < -0.4 is 5.32 Å². The van der Waals surface area contributed by atoms with Gasteiger partial charge in [0.05, 0.1) is 5.52 Å². The molecule has 1 aromatic heterocycles. The molecule has 0 spiro atoms. The van der Waals surface area contributed by atoms with Gasteiger partial charge in [-0.2, -0.15) is 0 Å². The fraction of sp³-hybridized carbons (Fsp3) is 0.111. The van der Waals surface area contributed by atoms with Crippen molar-refractivity contribution in [3.63, 3.8) is 0 Å². The third-order valence-electron chi connectivity index (χ3n) is 3.59. The van der Waals surface area contributed by atoms with Crippen LogP contribution in [0.3, 0.4) is 0 Å². The minimum atomic E-state index is -0.0724.